The summed E-state index contributed by atoms with van der Waals surface area (Å²) >= 11 is 0. The molecule has 138 valence electrons. The highest BCUT2D eigenvalue weighted by Gasteiger charge is 2.35. The van der Waals surface area contributed by atoms with Gasteiger partial charge >= 0.3 is 0 Å². The van der Waals surface area contributed by atoms with Gasteiger partial charge in [-0.1, -0.05) is 19.3 Å². The highest BCUT2D eigenvalue weighted by atomic mass is 32.2. The van der Waals surface area contributed by atoms with Crippen molar-refractivity contribution >= 4 is 15.9 Å². The summed E-state index contributed by atoms with van der Waals surface area (Å²) in [4.78, 5) is 14.1. The van der Waals surface area contributed by atoms with Gasteiger partial charge in [-0.25, -0.2) is 12.7 Å². The van der Waals surface area contributed by atoms with Gasteiger partial charge in [0.1, 0.15) is 0 Å². The van der Waals surface area contributed by atoms with Crippen LogP contribution in [0.5, 0.6) is 0 Å². The third kappa shape index (κ3) is 4.51. The molecule has 0 bridgehead atoms. The number of fused-ring (bicyclic) bond motifs is 1. The van der Waals surface area contributed by atoms with Gasteiger partial charge in [0.15, 0.2) is 0 Å². The molecule has 1 aliphatic carbocycles. The van der Waals surface area contributed by atoms with E-state index in [-0.39, 0.29) is 11.7 Å². The summed E-state index contributed by atoms with van der Waals surface area (Å²) in [7, 11) is -3.20. The molecule has 0 aromatic heterocycles. The number of amides is 1. The van der Waals surface area contributed by atoms with E-state index in [4.69, 9.17) is 0 Å². The van der Waals surface area contributed by atoms with Crippen molar-refractivity contribution in [1.82, 2.24) is 9.21 Å². The standard InChI is InChI=1S/C18H32N2O3S/c21-18(19-11-4-1-5-12-19)9-6-14-24(22,23)20-13-10-16-7-2-3-8-17(16)15-20/h16-17H,1-15H2. The summed E-state index contributed by atoms with van der Waals surface area (Å²) < 4.78 is 27.0. The monoisotopic (exact) mass is 356 g/mol. The maximum Gasteiger partial charge on any atom is 0.222 e. The lowest BCUT2D eigenvalue weighted by atomic mass is 9.76. The Labute approximate surface area is 146 Å². The number of hydrogen-bond donors (Lipinski definition) is 0. The summed E-state index contributed by atoms with van der Waals surface area (Å²) in [6, 6.07) is 0. The second-order valence-electron chi connectivity index (χ2n) is 7.81. The molecule has 0 radical (unpaired) electrons. The topological polar surface area (TPSA) is 57.7 Å². The summed E-state index contributed by atoms with van der Waals surface area (Å²) in [5, 5.41) is 0. The molecule has 2 atom stereocenters. The lowest BCUT2D eigenvalue weighted by Crippen LogP contribution is -2.45. The molecule has 0 aromatic carbocycles. The van der Waals surface area contributed by atoms with Gasteiger partial charge in [-0.05, 0) is 50.4 Å². The number of nitrogens with zero attached hydrogens (tertiary/aromatic N) is 2. The first kappa shape index (κ1) is 18.2. The van der Waals surface area contributed by atoms with Crippen molar-refractivity contribution in [3.8, 4) is 0 Å². The molecule has 5 nitrogen and oxygen atoms in total. The summed E-state index contributed by atoms with van der Waals surface area (Å²) in [6.45, 7) is 3.10. The van der Waals surface area contributed by atoms with Gasteiger partial charge < -0.3 is 4.90 Å². The van der Waals surface area contributed by atoms with E-state index in [1.807, 2.05) is 4.90 Å². The summed E-state index contributed by atoms with van der Waals surface area (Å²) in [6.07, 6.45) is 10.3. The Hall–Kier alpha value is -0.620. The molecule has 0 spiro atoms. The highest BCUT2D eigenvalue weighted by Crippen LogP contribution is 2.36. The Morgan fingerprint density at radius 2 is 1.58 bits per heavy atom. The van der Waals surface area contributed by atoms with E-state index in [0.29, 0.717) is 31.8 Å². The van der Waals surface area contributed by atoms with Gasteiger partial charge in [0.05, 0.1) is 5.75 Å². The summed E-state index contributed by atoms with van der Waals surface area (Å²) in [5.41, 5.74) is 0. The van der Waals surface area contributed by atoms with E-state index < -0.39 is 10.0 Å². The van der Waals surface area contributed by atoms with Gasteiger partial charge in [-0.2, -0.15) is 0 Å². The average molecular weight is 357 g/mol. The van der Waals surface area contributed by atoms with Crippen LogP contribution in [0.2, 0.25) is 0 Å². The van der Waals surface area contributed by atoms with Crippen LogP contribution in [0.1, 0.15) is 64.2 Å². The van der Waals surface area contributed by atoms with E-state index in [1.54, 1.807) is 4.31 Å². The maximum absolute atomic E-state index is 12.6. The smallest absolute Gasteiger partial charge is 0.222 e. The normalized spacial score (nSPS) is 29.2. The first-order valence-corrected chi connectivity index (χ1v) is 11.4. The number of rotatable bonds is 5. The minimum atomic E-state index is -3.20. The lowest BCUT2D eigenvalue weighted by molar-refractivity contribution is -0.132. The van der Waals surface area contributed by atoms with E-state index in [2.05, 4.69) is 0 Å². The fraction of sp³-hybridized carbons (Fsp3) is 0.944. The third-order valence-corrected chi connectivity index (χ3v) is 8.07. The van der Waals surface area contributed by atoms with E-state index in [9.17, 15) is 13.2 Å². The van der Waals surface area contributed by atoms with Gasteiger partial charge in [-0.3, -0.25) is 4.79 Å². The molecule has 1 amide bonds. The van der Waals surface area contributed by atoms with Crippen molar-refractivity contribution in [2.24, 2.45) is 11.8 Å². The Morgan fingerprint density at radius 1 is 0.875 bits per heavy atom. The van der Waals surface area contributed by atoms with Crippen molar-refractivity contribution in [3.63, 3.8) is 0 Å². The van der Waals surface area contributed by atoms with Crippen molar-refractivity contribution in [2.75, 3.05) is 31.9 Å². The lowest BCUT2D eigenvalue weighted by Gasteiger charge is -2.40. The maximum atomic E-state index is 12.6. The Morgan fingerprint density at radius 3 is 2.33 bits per heavy atom. The van der Waals surface area contributed by atoms with Crippen LogP contribution in [0.3, 0.4) is 0 Å². The molecule has 2 saturated heterocycles. The molecular formula is C18H32N2O3S. The van der Waals surface area contributed by atoms with Crippen LogP contribution in [0.25, 0.3) is 0 Å². The number of carbonyl (C=O) groups is 1. The fourth-order valence-corrected chi connectivity index (χ4v) is 6.23. The zero-order valence-electron chi connectivity index (χ0n) is 14.8. The SMILES string of the molecule is O=C(CCCS(=O)(=O)N1CCC2CCCCC2C1)N1CCCCC1. The van der Waals surface area contributed by atoms with Crippen LogP contribution >= 0.6 is 0 Å². The third-order valence-electron chi connectivity index (χ3n) is 6.15. The number of sulfonamides is 1. The molecule has 0 N–H and O–H groups in total. The Kier molecular flexibility index (Phi) is 6.19. The predicted octanol–water partition coefficient (Wildman–Crippen LogP) is 2.62. The van der Waals surface area contributed by atoms with Crippen LogP contribution in [0, 0.1) is 11.8 Å². The van der Waals surface area contributed by atoms with Crippen molar-refractivity contribution in [1.29, 1.82) is 0 Å². The van der Waals surface area contributed by atoms with Gasteiger partial charge in [0.25, 0.3) is 0 Å². The van der Waals surface area contributed by atoms with Crippen molar-refractivity contribution in [3.05, 3.63) is 0 Å². The second-order valence-corrected chi connectivity index (χ2v) is 9.90. The molecule has 3 fully saturated rings. The first-order valence-electron chi connectivity index (χ1n) is 9.82. The van der Waals surface area contributed by atoms with Crippen molar-refractivity contribution in [2.45, 2.75) is 64.2 Å². The summed E-state index contributed by atoms with van der Waals surface area (Å²) in [5.74, 6) is 1.57. The van der Waals surface area contributed by atoms with Gasteiger partial charge in [-0.15, -0.1) is 0 Å². The molecular weight excluding hydrogens is 324 g/mol. The quantitative estimate of drug-likeness (QED) is 0.761. The molecule has 0 aromatic rings. The Bertz CT molecular complexity index is 528. The molecule has 24 heavy (non-hydrogen) atoms. The van der Waals surface area contributed by atoms with Crippen molar-refractivity contribution < 1.29 is 13.2 Å². The fourth-order valence-electron chi connectivity index (χ4n) is 4.66. The predicted molar refractivity (Wildman–Crippen MR) is 95.1 cm³/mol. The van der Waals surface area contributed by atoms with Crippen LogP contribution < -0.4 is 0 Å². The van der Waals surface area contributed by atoms with E-state index in [0.717, 1.165) is 38.3 Å². The minimum absolute atomic E-state index is 0.129. The van der Waals surface area contributed by atoms with Gasteiger partial charge in [0.2, 0.25) is 15.9 Å². The van der Waals surface area contributed by atoms with Crippen LogP contribution in [0.15, 0.2) is 0 Å². The van der Waals surface area contributed by atoms with Crippen LogP contribution in [-0.4, -0.2) is 55.5 Å². The highest BCUT2D eigenvalue weighted by molar-refractivity contribution is 7.89. The zero-order valence-corrected chi connectivity index (χ0v) is 15.6. The number of hydrogen-bond acceptors (Lipinski definition) is 3. The number of piperidine rings is 2. The number of likely N-dealkylation sites (tertiary alicyclic amines) is 1. The molecule has 2 heterocycles. The van der Waals surface area contributed by atoms with Crippen LogP contribution in [-0.2, 0) is 14.8 Å². The largest absolute Gasteiger partial charge is 0.343 e. The molecule has 1 saturated carbocycles. The molecule has 6 heteroatoms. The zero-order chi connectivity index (χ0) is 17.0. The van der Waals surface area contributed by atoms with E-state index >= 15 is 0 Å². The Balaban J connectivity index is 1.44. The molecule has 2 unspecified atom stereocenters. The number of carbonyl (C=O) groups excluding carboxylic acids is 1. The van der Waals surface area contributed by atoms with Gasteiger partial charge in [0, 0.05) is 32.6 Å². The minimum Gasteiger partial charge on any atom is -0.343 e. The molecule has 3 aliphatic rings. The molecule has 2 aliphatic heterocycles. The molecule has 3 rings (SSSR count). The average Bonchev–Trinajstić information content (AvgIpc) is 2.62. The first-order chi connectivity index (χ1) is 11.6. The van der Waals surface area contributed by atoms with Crippen LogP contribution in [0.4, 0.5) is 0 Å². The van der Waals surface area contributed by atoms with E-state index in [1.165, 1.54) is 32.1 Å². The second kappa shape index (κ2) is 8.17.